The minimum Gasteiger partial charge on any atom is -0.458 e. The van der Waals surface area contributed by atoms with Crippen LogP contribution in [0.1, 0.15) is 0 Å². The lowest BCUT2D eigenvalue weighted by Gasteiger charge is -2.41. The van der Waals surface area contributed by atoms with Gasteiger partial charge in [0.1, 0.15) is 80.5 Å². The molecule has 10 aromatic rings. The van der Waals surface area contributed by atoms with Gasteiger partial charge in [-0.15, -0.1) is 0 Å². The molecule has 0 aromatic heterocycles. The van der Waals surface area contributed by atoms with Crippen LogP contribution in [0.25, 0.3) is 0 Å². The van der Waals surface area contributed by atoms with Gasteiger partial charge in [0.25, 0.3) is 20.1 Å². The SMILES string of the molecule is CN1c2cc3c(cc2B2c4ccccc4Oc4cc(Oc5ccccc5)cc1c42)B1c2cc4c(cc2Oc2cc(Oc5ccccc5)cc(c21)O3)N(C)c1cc(Oc2ccccc2)cc2c1B4c1ccccc1O2. The van der Waals surface area contributed by atoms with Crippen LogP contribution in [-0.4, -0.2) is 34.2 Å². The summed E-state index contributed by atoms with van der Waals surface area (Å²) in [4.78, 5) is 4.49. The molecule has 0 atom stereocenters. The molecule has 0 N–H and O–H groups in total. The standard InChI is InChI=1S/C62H39B3N2O7/c1-66-48-34-54-46(32-44(48)63-42-22-12-14-24-52(42)71-56-28-39(26-50(66)60(56)63)68-36-16-6-3-7-17-36)65-47-33-45-49(35-55(47)74-59-31-41(30-58(73-54)62(59)65)70-38-20-10-5-11-21-38)67(2)51-27-40(69-37-18-8-4-9-19-37)29-57-61(51)64(45)43-23-13-15-25-53(43)72-57/h3-35H,1-2H3. The van der Waals surface area contributed by atoms with Crippen LogP contribution < -0.4 is 92.1 Å². The van der Waals surface area contributed by atoms with E-state index in [9.17, 15) is 0 Å². The molecule has 348 valence electrons. The van der Waals surface area contributed by atoms with Gasteiger partial charge < -0.3 is 43.0 Å². The van der Waals surface area contributed by atoms with Gasteiger partial charge in [-0.2, -0.15) is 0 Å². The zero-order valence-electron chi connectivity index (χ0n) is 40.0. The highest BCUT2D eigenvalue weighted by Crippen LogP contribution is 2.46. The summed E-state index contributed by atoms with van der Waals surface area (Å²) in [5.41, 5.74) is 13.8. The third-order valence-corrected chi connectivity index (χ3v) is 15.4. The van der Waals surface area contributed by atoms with Crippen molar-refractivity contribution in [1.82, 2.24) is 0 Å². The molecule has 74 heavy (non-hydrogen) atoms. The van der Waals surface area contributed by atoms with Crippen molar-refractivity contribution in [2.24, 2.45) is 0 Å². The van der Waals surface area contributed by atoms with Gasteiger partial charge in [-0.05, 0) is 92.2 Å². The van der Waals surface area contributed by atoms with E-state index in [2.05, 4.69) is 96.7 Å². The Morgan fingerprint density at radius 1 is 0.270 bits per heavy atom. The van der Waals surface area contributed by atoms with E-state index in [1.54, 1.807) is 0 Å². The fraction of sp³-hybridized carbons (Fsp3) is 0.0323. The summed E-state index contributed by atoms with van der Waals surface area (Å²) in [6.07, 6.45) is 0. The highest BCUT2D eigenvalue weighted by molar-refractivity contribution is 7.03. The smallest absolute Gasteiger partial charge is 0.260 e. The van der Waals surface area contributed by atoms with E-state index < -0.39 is 0 Å². The third-order valence-electron chi connectivity index (χ3n) is 15.4. The van der Waals surface area contributed by atoms with Crippen molar-refractivity contribution in [1.29, 1.82) is 0 Å². The molecule has 0 bridgehead atoms. The summed E-state index contributed by atoms with van der Waals surface area (Å²) >= 11 is 0. The van der Waals surface area contributed by atoms with Crippen LogP contribution in [0.2, 0.25) is 0 Å². The molecule has 16 rings (SSSR count). The Bertz CT molecular complexity index is 3790. The number of fused-ring (bicyclic) bond motifs is 12. The summed E-state index contributed by atoms with van der Waals surface area (Å²) < 4.78 is 47.5. The molecule has 0 unspecified atom stereocenters. The Morgan fingerprint density at radius 2 is 0.608 bits per heavy atom. The average Bonchev–Trinajstić information content (AvgIpc) is 3.51. The second-order valence-electron chi connectivity index (χ2n) is 19.6. The zero-order valence-corrected chi connectivity index (χ0v) is 40.0. The molecule has 12 heteroatoms. The third kappa shape index (κ3) is 6.14. The van der Waals surface area contributed by atoms with E-state index in [4.69, 9.17) is 33.2 Å². The average molecular weight is 956 g/mol. The largest absolute Gasteiger partial charge is 0.458 e. The van der Waals surface area contributed by atoms with Gasteiger partial charge in [0, 0.05) is 90.8 Å². The van der Waals surface area contributed by atoms with E-state index in [1.165, 1.54) is 0 Å². The maximum atomic E-state index is 7.17. The van der Waals surface area contributed by atoms with Crippen molar-refractivity contribution < 1.29 is 33.2 Å². The number of hydrogen-bond donors (Lipinski definition) is 0. The monoisotopic (exact) mass is 956 g/mol. The summed E-state index contributed by atoms with van der Waals surface area (Å²) in [6.45, 7) is -0.564. The Morgan fingerprint density at radius 3 is 1.03 bits per heavy atom. The number of rotatable bonds is 6. The second kappa shape index (κ2) is 15.5. The van der Waals surface area contributed by atoms with E-state index in [1.807, 2.05) is 127 Å². The lowest BCUT2D eigenvalue weighted by atomic mass is 9.30. The number of para-hydroxylation sites is 5. The van der Waals surface area contributed by atoms with Gasteiger partial charge in [-0.25, -0.2) is 0 Å². The van der Waals surface area contributed by atoms with Crippen molar-refractivity contribution in [2.75, 3.05) is 23.9 Å². The first kappa shape index (κ1) is 41.2. The number of anilines is 4. The number of ether oxygens (including phenoxy) is 7. The minimum absolute atomic E-state index is 0.143. The molecule has 0 spiro atoms. The summed E-state index contributed by atoms with van der Waals surface area (Å²) in [7, 11) is 4.23. The highest BCUT2D eigenvalue weighted by Gasteiger charge is 2.48. The van der Waals surface area contributed by atoms with Crippen molar-refractivity contribution >= 4 is 92.1 Å². The maximum Gasteiger partial charge on any atom is 0.260 e. The van der Waals surface area contributed by atoms with E-state index in [0.717, 1.165) is 118 Å². The lowest BCUT2D eigenvalue weighted by molar-refractivity contribution is 0.443. The first-order chi connectivity index (χ1) is 36.5. The molecule has 6 aliphatic heterocycles. The summed E-state index contributed by atoms with van der Waals surface area (Å²) in [5, 5.41) is 0. The topological polar surface area (TPSA) is 71.1 Å². The molecule has 6 aliphatic rings. The molecule has 0 saturated heterocycles. The van der Waals surface area contributed by atoms with Gasteiger partial charge in [-0.1, -0.05) is 103 Å². The van der Waals surface area contributed by atoms with E-state index in [0.29, 0.717) is 34.5 Å². The van der Waals surface area contributed by atoms with E-state index >= 15 is 0 Å². The normalized spacial score (nSPS) is 13.8. The van der Waals surface area contributed by atoms with Crippen LogP contribution in [0, 0.1) is 0 Å². The van der Waals surface area contributed by atoms with Crippen LogP contribution in [0.5, 0.6) is 80.5 Å². The molecule has 0 fully saturated rings. The first-order valence-corrected chi connectivity index (χ1v) is 24.9. The molecule has 6 heterocycles. The van der Waals surface area contributed by atoms with Crippen LogP contribution in [0.4, 0.5) is 22.7 Å². The highest BCUT2D eigenvalue weighted by atomic mass is 16.5. The zero-order chi connectivity index (χ0) is 48.8. The Kier molecular flexibility index (Phi) is 8.66. The number of hydrogen-bond acceptors (Lipinski definition) is 9. The molecule has 0 amide bonds. The molecule has 10 aromatic carbocycles. The van der Waals surface area contributed by atoms with E-state index in [-0.39, 0.29) is 20.1 Å². The molecule has 9 nitrogen and oxygen atoms in total. The number of benzene rings is 10. The van der Waals surface area contributed by atoms with Crippen molar-refractivity contribution in [3.63, 3.8) is 0 Å². The predicted octanol–water partition coefficient (Wildman–Crippen LogP) is 9.20. The van der Waals surface area contributed by atoms with Crippen molar-refractivity contribution in [3.8, 4) is 80.5 Å². The van der Waals surface area contributed by atoms with Crippen LogP contribution in [0.15, 0.2) is 200 Å². The fourth-order valence-corrected chi connectivity index (χ4v) is 12.2. The maximum absolute atomic E-state index is 7.17. The van der Waals surface area contributed by atoms with Crippen LogP contribution in [0.3, 0.4) is 0 Å². The minimum atomic E-state index is -0.278. The van der Waals surface area contributed by atoms with Gasteiger partial charge in [0.05, 0.1) is 0 Å². The van der Waals surface area contributed by atoms with Crippen molar-refractivity contribution in [2.45, 2.75) is 0 Å². The predicted molar refractivity (Wildman–Crippen MR) is 295 cm³/mol. The van der Waals surface area contributed by atoms with Gasteiger partial charge >= 0.3 is 0 Å². The Balaban J connectivity index is 0.897. The van der Waals surface area contributed by atoms with Gasteiger partial charge in [0.15, 0.2) is 0 Å². The Labute approximate surface area is 427 Å². The lowest BCUT2D eigenvalue weighted by Crippen LogP contribution is -2.64. The van der Waals surface area contributed by atoms with Crippen LogP contribution >= 0.6 is 0 Å². The quantitative estimate of drug-likeness (QED) is 0.152. The van der Waals surface area contributed by atoms with Crippen LogP contribution in [-0.2, 0) is 0 Å². The number of nitrogens with zero attached hydrogens (tertiary/aromatic N) is 2. The molecule has 0 aliphatic carbocycles. The molecule has 0 saturated carbocycles. The molecular weight excluding hydrogens is 917 g/mol. The fourth-order valence-electron chi connectivity index (χ4n) is 12.2. The van der Waals surface area contributed by atoms with Gasteiger partial charge in [-0.3, -0.25) is 0 Å². The summed E-state index contributed by atoms with van der Waals surface area (Å²) in [6, 6.07) is 67.8. The molecule has 0 radical (unpaired) electrons. The summed E-state index contributed by atoms with van der Waals surface area (Å²) in [5.74, 6) is 10.2. The first-order valence-electron chi connectivity index (χ1n) is 24.9. The second-order valence-corrected chi connectivity index (χ2v) is 19.6. The van der Waals surface area contributed by atoms with Gasteiger partial charge in [0.2, 0.25) is 0 Å². The van der Waals surface area contributed by atoms with Crippen molar-refractivity contribution in [3.05, 3.63) is 200 Å². The Hall–Kier alpha value is -9.41. The molecular formula is C62H39B3N2O7.